The van der Waals surface area contributed by atoms with Gasteiger partial charge in [0.25, 0.3) is 0 Å². The van der Waals surface area contributed by atoms with Gasteiger partial charge in [0.15, 0.2) is 0 Å². The van der Waals surface area contributed by atoms with Crippen LogP contribution in [0.15, 0.2) is 18.7 Å². The van der Waals surface area contributed by atoms with Crippen molar-refractivity contribution in [2.75, 3.05) is 6.54 Å². The summed E-state index contributed by atoms with van der Waals surface area (Å²) in [7, 11) is 0. The van der Waals surface area contributed by atoms with E-state index in [1.54, 1.807) is 12.5 Å². The third kappa shape index (κ3) is 4.51. The lowest BCUT2D eigenvalue weighted by Gasteiger charge is -2.31. The standard InChI is InChI=1S/C14H22F3N3/c1-11(9-20-6-5-18-10-20)8-19-13-4-2-3-12(7-13)14(15,16)17/h5-6,10-13,19H,2-4,7-9H2,1H3/t11-,12+,13+/m1/s1. The highest BCUT2D eigenvalue weighted by Crippen LogP contribution is 2.37. The largest absolute Gasteiger partial charge is 0.391 e. The molecule has 0 radical (unpaired) electrons. The second-order valence-electron chi connectivity index (χ2n) is 5.87. The van der Waals surface area contributed by atoms with Crippen LogP contribution in [0.1, 0.15) is 32.6 Å². The average Bonchev–Trinajstić information content (AvgIpc) is 2.88. The zero-order valence-corrected chi connectivity index (χ0v) is 11.7. The minimum absolute atomic E-state index is 0.000567. The topological polar surface area (TPSA) is 29.9 Å². The Labute approximate surface area is 117 Å². The first-order chi connectivity index (χ1) is 9.45. The fourth-order valence-corrected chi connectivity index (χ4v) is 2.86. The highest BCUT2D eigenvalue weighted by atomic mass is 19.4. The fraction of sp³-hybridized carbons (Fsp3) is 0.786. The predicted octanol–water partition coefficient (Wildman–Crippen LogP) is 3.23. The van der Waals surface area contributed by atoms with Gasteiger partial charge in [-0.05, 0) is 31.7 Å². The summed E-state index contributed by atoms with van der Waals surface area (Å²) >= 11 is 0. The van der Waals surface area contributed by atoms with E-state index in [0.717, 1.165) is 19.5 Å². The maximum Gasteiger partial charge on any atom is 0.391 e. The average molecular weight is 289 g/mol. The summed E-state index contributed by atoms with van der Waals surface area (Å²) in [6.07, 6.45) is 3.38. The molecule has 20 heavy (non-hydrogen) atoms. The van der Waals surface area contributed by atoms with E-state index in [9.17, 15) is 13.2 Å². The van der Waals surface area contributed by atoms with Gasteiger partial charge >= 0.3 is 6.18 Å². The third-order valence-electron chi connectivity index (χ3n) is 3.97. The van der Waals surface area contributed by atoms with E-state index < -0.39 is 12.1 Å². The zero-order valence-electron chi connectivity index (χ0n) is 11.7. The van der Waals surface area contributed by atoms with Crippen molar-refractivity contribution < 1.29 is 13.2 Å². The van der Waals surface area contributed by atoms with Crippen LogP contribution in [0.2, 0.25) is 0 Å². The molecule has 1 saturated carbocycles. The molecule has 114 valence electrons. The SMILES string of the molecule is C[C@H](CN[C@H]1CCC[C@H](C(F)(F)F)C1)Cn1ccnc1. The second-order valence-corrected chi connectivity index (χ2v) is 5.87. The molecular formula is C14H22F3N3. The molecule has 3 atom stereocenters. The van der Waals surface area contributed by atoms with Crippen LogP contribution in [-0.4, -0.2) is 28.3 Å². The molecule has 1 N–H and O–H groups in total. The molecular weight excluding hydrogens is 267 g/mol. The summed E-state index contributed by atoms with van der Waals surface area (Å²) in [5, 5.41) is 3.30. The molecule has 0 aromatic carbocycles. The first-order valence-corrected chi connectivity index (χ1v) is 7.21. The summed E-state index contributed by atoms with van der Waals surface area (Å²) in [6.45, 7) is 3.67. The quantitative estimate of drug-likeness (QED) is 0.902. The van der Waals surface area contributed by atoms with Crippen LogP contribution in [0.4, 0.5) is 13.2 Å². The predicted molar refractivity (Wildman–Crippen MR) is 71.2 cm³/mol. The van der Waals surface area contributed by atoms with E-state index in [-0.39, 0.29) is 18.9 Å². The molecule has 0 bridgehead atoms. The van der Waals surface area contributed by atoms with Gasteiger partial charge in [0.05, 0.1) is 12.2 Å². The van der Waals surface area contributed by atoms with E-state index in [2.05, 4.69) is 17.2 Å². The molecule has 1 fully saturated rings. The molecule has 6 heteroatoms. The first-order valence-electron chi connectivity index (χ1n) is 7.21. The maximum absolute atomic E-state index is 12.7. The number of nitrogens with one attached hydrogen (secondary N) is 1. The maximum atomic E-state index is 12.7. The highest BCUT2D eigenvalue weighted by Gasteiger charge is 2.41. The van der Waals surface area contributed by atoms with Crippen LogP contribution in [0.25, 0.3) is 0 Å². The second kappa shape index (κ2) is 6.61. The molecule has 2 rings (SSSR count). The Morgan fingerprint density at radius 3 is 2.85 bits per heavy atom. The number of nitrogens with zero attached hydrogens (tertiary/aromatic N) is 2. The summed E-state index contributed by atoms with van der Waals surface area (Å²) in [5.74, 6) is -0.756. The Balaban J connectivity index is 1.73. The van der Waals surface area contributed by atoms with Crippen LogP contribution in [0.5, 0.6) is 0 Å². The van der Waals surface area contributed by atoms with Gasteiger partial charge in [-0.15, -0.1) is 0 Å². The Morgan fingerprint density at radius 2 is 2.20 bits per heavy atom. The molecule has 1 aromatic heterocycles. The summed E-state index contributed by atoms with van der Waals surface area (Å²) in [5.41, 5.74) is 0. The molecule has 1 aliphatic carbocycles. The molecule has 0 amide bonds. The van der Waals surface area contributed by atoms with Crippen molar-refractivity contribution in [3.63, 3.8) is 0 Å². The van der Waals surface area contributed by atoms with Gasteiger partial charge in [-0.3, -0.25) is 0 Å². The molecule has 1 aliphatic rings. The fourth-order valence-electron chi connectivity index (χ4n) is 2.86. The van der Waals surface area contributed by atoms with E-state index in [1.807, 2.05) is 10.8 Å². The van der Waals surface area contributed by atoms with Crippen molar-refractivity contribution in [3.8, 4) is 0 Å². The monoisotopic (exact) mass is 289 g/mol. The molecule has 1 heterocycles. The summed E-state index contributed by atoms with van der Waals surface area (Å²) in [4.78, 5) is 3.98. The van der Waals surface area contributed by atoms with E-state index >= 15 is 0 Å². The Kier molecular flexibility index (Phi) is 5.07. The van der Waals surface area contributed by atoms with Crippen LogP contribution in [-0.2, 0) is 6.54 Å². The molecule has 3 nitrogen and oxygen atoms in total. The number of halogens is 3. The molecule has 0 saturated heterocycles. The van der Waals surface area contributed by atoms with Crippen molar-refractivity contribution in [2.24, 2.45) is 11.8 Å². The lowest BCUT2D eigenvalue weighted by atomic mass is 9.85. The van der Waals surface area contributed by atoms with Crippen molar-refractivity contribution in [2.45, 2.75) is 51.4 Å². The van der Waals surface area contributed by atoms with Gasteiger partial charge in [-0.25, -0.2) is 4.98 Å². The number of alkyl halides is 3. The van der Waals surface area contributed by atoms with Crippen molar-refractivity contribution in [3.05, 3.63) is 18.7 Å². The molecule has 1 aromatic rings. The molecule has 0 unspecified atom stereocenters. The minimum Gasteiger partial charge on any atom is -0.337 e. The van der Waals surface area contributed by atoms with E-state index in [0.29, 0.717) is 12.3 Å². The minimum atomic E-state index is -4.04. The molecule has 0 aliphatic heterocycles. The highest BCUT2D eigenvalue weighted by molar-refractivity contribution is 4.82. The molecule has 0 spiro atoms. The Bertz CT molecular complexity index is 389. The smallest absolute Gasteiger partial charge is 0.337 e. The van der Waals surface area contributed by atoms with Crippen LogP contribution < -0.4 is 5.32 Å². The van der Waals surface area contributed by atoms with Crippen LogP contribution >= 0.6 is 0 Å². The summed E-state index contributed by atoms with van der Waals surface area (Å²) < 4.78 is 40.2. The summed E-state index contributed by atoms with van der Waals surface area (Å²) in [6, 6.07) is 0.000567. The van der Waals surface area contributed by atoms with E-state index in [4.69, 9.17) is 0 Å². The Hall–Kier alpha value is -1.04. The van der Waals surface area contributed by atoms with Gasteiger partial charge in [0.1, 0.15) is 0 Å². The zero-order chi connectivity index (χ0) is 14.6. The lowest BCUT2D eigenvalue weighted by molar-refractivity contribution is -0.183. The van der Waals surface area contributed by atoms with E-state index in [1.165, 1.54) is 0 Å². The number of hydrogen-bond acceptors (Lipinski definition) is 2. The van der Waals surface area contributed by atoms with Crippen LogP contribution in [0, 0.1) is 11.8 Å². The van der Waals surface area contributed by atoms with Crippen LogP contribution in [0.3, 0.4) is 0 Å². The first kappa shape index (κ1) is 15.4. The normalized spacial score (nSPS) is 25.6. The third-order valence-corrected chi connectivity index (χ3v) is 3.97. The van der Waals surface area contributed by atoms with Crippen molar-refractivity contribution in [1.82, 2.24) is 14.9 Å². The van der Waals surface area contributed by atoms with Gasteiger partial charge in [-0.2, -0.15) is 13.2 Å². The number of rotatable bonds is 5. The number of hydrogen-bond donors (Lipinski definition) is 1. The van der Waals surface area contributed by atoms with Crippen molar-refractivity contribution in [1.29, 1.82) is 0 Å². The lowest BCUT2D eigenvalue weighted by Crippen LogP contribution is -2.40. The van der Waals surface area contributed by atoms with Gasteiger partial charge in [-0.1, -0.05) is 13.3 Å². The van der Waals surface area contributed by atoms with Gasteiger partial charge in [0, 0.05) is 25.0 Å². The van der Waals surface area contributed by atoms with Crippen molar-refractivity contribution >= 4 is 0 Å². The number of aromatic nitrogens is 2. The number of imidazole rings is 1. The van der Waals surface area contributed by atoms with Gasteiger partial charge in [0.2, 0.25) is 0 Å². The van der Waals surface area contributed by atoms with Gasteiger partial charge < -0.3 is 9.88 Å². The Morgan fingerprint density at radius 1 is 1.40 bits per heavy atom.